The van der Waals surface area contributed by atoms with E-state index in [9.17, 15) is 4.79 Å². The molecule has 0 saturated heterocycles. The molecular weight excluding hydrogens is 208 g/mol. The number of carbonyl (C=O) groups is 1. The van der Waals surface area contributed by atoms with Crippen LogP contribution in [0.5, 0.6) is 0 Å². The lowest BCUT2D eigenvalue weighted by molar-refractivity contribution is 0.101. The Hall–Kier alpha value is -1.63. The molecule has 0 radical (unpaired) electrons. The van der Waals surface area contributed by atoms with E-state index in [4.69, 9.17) is 0 Å². The molecule has 0 N–H and O–H groups in total. The van der Waals surface area contributed by atoms with E-state index in [1.54, 1.807) is 6.92 Å². The standard InChI is InChI=1S/C16H20O/c1-3-4-5-6-7-8-9-15-10-12-16(13-11-15)14(2)17/h6-13H,3-5H2,1-2H3/b7-6+,9-8+. The monoisotopic (exact) mass is 228 g/mol. The number of unbranched alkanes of at least 4 members (excludes halogenated alkanes) is 2. The van der Waals surface area contributed by atoms with Crippen molar-refractivity contribution in [3.8, 4) is 0 Å². The summed E-state index contributed by atoms with van der Waals surface area (Å²) < 4.78 is 0. The average Bonchev–Trinajstić information content (AvgIpc) is 2.34. The summed E-state index contributed by atoms with van der Waals surface area (Å²) in [5, 5.41) is 0. The number of allylic oxidation sites excluding steroid dienone is 3. The Kier molecular flexibility index (Phi) is 6.02. The molecule has 0 amide bonds. The third kappa shape index (κ3) is 5.30. The van der Waals surface area contributed by atoms with Gasteiger partial charge in [-0.05, 0) is 18.9 Å². The molecule has 90 valence electrons. The van der Waals surface area contributed by atoms with Gasteiger partial charge >= 0.3 is 0 Å². The van der Waals surface area contributed by atoms with Crippen LogP contribution in [0.1, 0.15) is 49.0 Å². The van der Waals surface area contributed by atoms with E-state index in [-0.39, 0.29) is 5.78 Å². The van der Waals surface area contributed by atoms with Crippen molar-refractivity contribution in [1.82, 2.24) is 0 Å². The first kappa shape index (κ1) is 13.4. The first-order valence-electron chi connectivity index (χ1n) is 6.18. The molecule has 0 heterocycles. The Labute approximate surface area is 104 Å². The van der Waals surface area contributed by atoms with E-state index in [2.05, 4.69) is 19.1 Å². The lowest BCUT2D eigenvalue weighted by Crippen LogP contribution is -1.90. The van der Waals surface area contributed by atoms with Crippen LogP contribution in [0.2, 0.25) is 0 Å². The van der Waals surface area contributed by atoms with Gasteiger partial charge in [0.15, 0.2) is 5.78 Å². The van der Waals surface area contributed by atoms with Crippen molar-refractivity contribution >= 4 is 11.9 Å². The number of Topliss-reactive ketones (excluding diaryl/α,β-unsaturated/α-hetero) is 1. The minimum Gasteiger partial charge on any atom is -0.295 e. The summed E-state index contributed by atoms with van der Waals surface area (Å²) in [6.45, 7) is 3.78. The maximum absolute atomic E-state index is 11.1. The lowest BCUT2D eigenvalue weighted by atomic mass is 10.1. The van der Waals surface area contributed by atoms with Gasteiger partial charge in [0, 0.05) is 5.56 Å². The van der Waals surface area contributed by atoms with Crippen LogP contribution in [0, 0.1) is 0 Å². The van der Waals surface area contributed by atoms with Crippen LogP contribution >= 0.6 is 0 Å². The summed E-state index contributed by atoms with van der Waals surface area (Å²) >= 11 is 0. The zero-order chi connectivity index (χ0) is 12.5. The molecule has 0 aliphatic rings. The predicted molar refractivity (Wildman–Crippen MR) is 74.1 cm³/mol. The highest BCUT2D eigenvalue weighted by Gasteiger charge is 1.96. The van der Waals surface area contributed by atoms with Gasteiger partial charge in [-0.1, -0.05) is 68.3 Å². The van der Waals surface area contributed by atoms with Crippen LogP contribution in [-0.2, 0) is 0 Å². The average molecular weight is 228 g/mol. The number of hydrogen-bond acceptors (Lipinski definition) is 1. The van der Waals surface area contributed by atoms with E-state index in [0.717, 1.165) is 17.5 Å². The largest absolute Gasteiger partial charge is 0.295 e. The molecule has 0 bridgehead atoms. The second-order valence-electron chi connectivity index (χ2n) is 4.11. The van der Waals surface area contributed by atoms with Crippen molar-refractivity contribution in [2.45, 2.75) is 33.1 Å². The Morgan fingerprint density at radius 2 is 1.88 bits per heavy atom. The highest BCUT2D eigenvalue weighted by Crippen LogP contribution is 2.07. The molecule has 0 unspecified atom stereocenters. The van der Waals surface area contributed by atoms with Crippen molar-refractivity contribution < 1.29 is 4.79 Å². The minimum atomic E-state index is 0.111. The van der Waals surface area contributed by atoms with Crippen molar-refractivity contribution in [1.29, 1.82) is 0 Å². The first-order valence-corrected chi connectivity index (χ1v) is 6.18. The molecule has 1 aromatic rings. The number of benzene rings is 1. The molecule has 0 fully saturated rings. The van der Waals surface area contributed by atoms with Gasteiger partial charge in [-0.3, -0.25) is 4.79 Å². The Morgan fingerprint density at radius 3 is 2.47 bits per heavy atom. The number of rotatable bonds is 6. The fourth-order valence-corrected chi connectivity index (χ4v) is 1.49. The Balaban J connectivity index is 2.48. The van der Waals surface area contributed by atoms with E-state index in [1.165, 1.54) is 12.8 Å². The molecule has 1 rings (SSSR count). The number of carbonyl (C=O) groups excluding carboxylic acids is 1. The van der Waals surface area contributed by atoms with Crippen molar-refractivity contribution in [2.24, 2.45) is 0 Å². The molecule has 1 aromatic carbocycles. The number of ketones is 1. The summed E-state index contributed by atoms with van der Waals surface area (Å²) in [4.78, 5) is 11.1. The van der Waals surface area contributed by atoms with E-state index in [1.807, 2.05) is 36.4 Å². The van der Waals surface area contributed by atoms with E-state index >= 15 is 0 Å². The molecule has 1 heteroatoms. The highest BCUT2D eigenvalue weighted by atomic mass is 16.1. The van der Waals surface area contributed by atoms with Gasteiger partial charge in [0.25, 0.3) is 0 Å². The quantitative estimate of drug-likeness (QED) is 0.393. The molecule has 0 aliphatic heterocycles. The third-order valence-electron chi connectivity index (χ3n) is 2.58. The van der Waals surface area contributed by atoms with Gasteiger partial charge in [-0.25, -0.2) is 0 Å². The van der Waals surface area contributed by atoms with E-state index < -0.39 is 0 Å². The molecule has 0 atom stereocenters. The van der Waals surface area contributed by atoms with E-state index in [0.29, 0.717) is 0 Å². The molecular formula is C16H20O. The summed E-state index contributed by atoms with van der Waals surface area (Å²) in [5.74, 6) is 0.111. The van der Waals surface area contributed by atoms with Gasteiger partial charge in [0.1, 0.15) is 0 Å². The Bertz CT molecular complexity index is 396. The van der Waals surface area contributed by atoms with Crippen LogP contribution < -0.4 is 0 Å². The SMILES string of the molecule is CCCC/C=C/C=C/c1ccc(C(C)=O)cc1. The zero-order valence-corrected chi connectivity index (χ0v) is 10.6. The molecule has 17 heavy (non-hydrogen) atoms. The van der Waals surface area contributed by atoms with Gasteiger partial charge < -0.3 is 0 Å². The van der Waals surface area contributed by atoms with Gasteiger partial charge in [0.05, 0.1) is 0 Å². The smallest absolute Gasteiger partial charge is 0.159 e. The topological polar surface area (TPSA) is 17.1 Å². The summed E-state index contributed by atoms with van der Waals surface area (Å²) in [6.07, 6.45) is 12.0. The van der Waals surface area contributed by atoms with Crippen molar-refractivity contribution in [3.05, 3.63) is 53.6 Å². The second-order valence-corrected chi connectivity index (χ2v) is 4.11. The van der Waals surface area contributed by atoms with Gasteiger partial charge in [0.2, 0.25) is 0 Å². The highest BCUT2D eigenvalue weighted by molar-refractivity contribution is 5.94. The Morgan fingerprint density at radius 1 is 1.18 bits per heavy atom. The summed E-state index contributed by atoms with van der Waals surface area (Å²) in [6, 6.07) is 7.66. The molecule has 0 saturated carbocycles. The van der Waals surface area contributed by atoms with Crippen molar-refractivity contribution in [2.75, 3.05) is 0 Å². The molecule has 0 spiro atoms. The van der Waals surface area contributed by atoms with Gasteiger partial charge in [-0.15, -0.1) is 0 Å². The molecule has 0 aromatic heterocycles. The van der Waals surface area contributed by atoms with Crippen molar-refractivity contribution in [3.63, 3.8) is 0 Å². The second kappa shape index (κ2) is 7.61. The zero-order valence-electron chi connectivity index (χ0n) is 10.6. The fraction of sp³-hybridized carbons (Fsp3) is 0.312. The minimum absolute atomic E-state index is 0.111. The molecule has 1 nitrogen and oxygen atoms in total. The third-order valence-corrected chi connectivity index (χ3v) is 2.58. The number of hydrogen-bond donors (Lipinski definition) is 0. The molecule has 0 aliphatic carbocycles. The van der Waals surface area contributed by atoms with Crippen LogP contribution in [0.25, 0.3) is 6.08 Å². The van der Waals surface area contributed by atoms with Gasteiger partial charge in [-0.2, -0.15) is 0 Å². The normalized spacial score (nSPS) is 11.4. The summed E-state index contributed by atoms with van der Waals surface area (Å²) in [5.41, 5.74) is 1.88. The van der Waals surface area contributed by atoms with Crippen LogP contribution in [-0.4, -0.2) is 5.78 Å². The van der Waals surface area contributed by atoms with Crippen LogP contribution in [0.3, 0.4) is 0 Å². The first-order chi connectivity index (χ1) is 8.24. The van der Waals surface area contributed by atoms with Crippen LogP contribution in [0.4, 0.5) is 0 Å². The van der Waals surface area contributed by atoms with Crippen LogP contribution in [0.15, 0.2) is 42.5 Å². The maximum Gasteiger partial charge on any atom is 0.159 e. The lowest BCUT2D eigenvalue weighted by Gasteiger charge is -1.95. The predicted octanol–water partition coefficient (Wildman–Crippen LogP) is 4.65. The fourth-order valence-electron chi connectivity index (χ4n) is 1.49. The summed E-state index contributed by atoms with van der Waals surface area (Å²) in [7, 11) is 0. The maximum atomic E-state index is 11.1.